The van der Waals surface area contributed by atoms with E-state index in [0.717, 1.165) is 12.3 Å². The van der Waals surface area contributed by atoms with Crippen molar-refractivity contribution in [3.63, 3.8) is 0 Å². The summed E-state index contributed by atoms with van der Waals surface area (Å²) in [7, 11) is 2.49. The van der Waals surface area contributed by atoms with Gasteiger partial charge in [-0.05, 0) is 44.4 Å². The lowest BCUT2D eigenvalue weighted by atomic mass is 9.52. The van der Waals surface area contributed by atoms with Crippen LogP contribution in [0.1, 0.15) is 73.1 Å². The SMILES string of the molecule is BC1(C(C)C)CCCCC2C(CC(=O)N2C(C)C)CC1C. The maximum Gasteiger partial charge on any atom is 0.223 e. The van der Waals surface area contributed by atoms with Crippen LogP contribution in [0.25, 0.3) is 0 Å². The smallest absolute Gasteiger partial charge is 0.223 e. The first-order valence-corrected chi connectivity index (χ1v) is 9.08. The van der Waals surface area contributed by atoms with Gasteiger partial charge in [0.15, 0.2) is 0 Å². The van der Waals surface area contributed by atoms with Gasteiger partial charge in [-0.25, -0.2) is 0 Å². The molecule has 2 aliphatic rings. The van der Waals surface area contributed by atoms with E-state index in [0.29, 0.717) is 35.1 Å². The second-order valence-electron chi connectivity index (χ2n) is 8.47. The average Bonchev–Trinajstić information content (AvgIpc) is 2.70. The van der Waals surface area contributed by atoms with Gasteiger partial charge in [0.2, 0.25) is 5.91 Å². The minimum atomic E-state index is 0.361. The van der Waals surface area contributed by atoms with Crippen LogP contribution in [0.3, 0.4) is 0 Å². The van der Waals surface area contributed by atoms with E-state index in [2.05, 4.69) is 47.4 Å². The molecule has 120 valence electrons. The van der Waals surface area contributed by atoms with E-state index in [-0.39, 0.29) is 0 Å². The van der Waals surface area contributed by atoms with Crippen molar-refractivity contribution in [2.45, 2.75) is 90.5 Å². The standard InChI is InChI=1S/C18H34BNO/c1-12(2)18(19)9-7-6-8-16-15(10-14(18)5)11-17(21)20(16)13(3)4/h12-16H,6-11,19H2,1-5H3. The fourth-order valence-electron chi connectivity index (χ4n) is 4.85. The Morgan fingerprint density at radius 3 is 2.48 bits per heavy atom. The molecule has 0 aromatic carbocycles. The van der Waals surface area contributed by atoms with Crippen molar-refractivity contribution in [2.75, 3.05) is 0 Å². The summed E-state index contributed by atoms with van der Waals surface area (Å²) < 4.78 is 0. The monoisotopic (exact) mass is 291 g/mol. The number of likely N-dealkylation sites (tertiary alicyclic amines) is 1. The van der Waals surface area contributed by atoms with Crippen LogP contribution < -0.4 is 0 Å². The Morgan fingerprint density at radius 2 is 1.90 bits per heavy atom. The molecule has 0 aromatic heterocycles. The maximum atomic E-state index is 12.4. The van der Waals surface area contributed by atoms with Gasteiger partial charge < -0.3 is 4.90 Å². The predicted octanol–water partition coefficient (Wildman–Crippen LogP) is 3.66. The molecule has 2 nitrogen and oxygen atoms in total. The van der Waals surface area contributed by atoms with E-state index in [1.54, 1.807) is 0 Å². The number of rotatable bonds is 2. The molecule has 0 spiro atoms. The summed E-state index contributed by atoms with van der Waals surface area (Å²) in [6.45, 7) is 11.5. The zero-order valence-electron chi connectivity index (χ0n) is 15.0. The third kappa shape index (κ3) is 3.17. The number of fused-ring (bicyclic) bond motifs is 1. The maximum absolute atomic E-state index is 12.4. The minimum absolute atomic E-state index is 0.361. The van der Waals surface area contributed by atoms with E-state index in [4.69, 9.17) is 0 Å². The molecular formula is C18H34BNO. The molecule has 21 heavy (non-hydrogen) atoms. The van der Waals surface area contributed by atoms with Crippen LogP contribution in [0.15, 0.2) is 0 Å². The quantitative estimate of drug-likeness (QED) is 0.711. The van der Waals surface area contributed by atoms with Crippen LogP contribution >= 0.6 is 0 Å². The largest absolute Gasteiger partial charge is 0.337 e. The van der Waals surface area contributed by atoms with Crippen LogP contribution in [0.5, 0.6) is 0 Å². The topological polar surface area (TPSA) is 20.3 Å². The normalized spacial score (nSPS) is 38.3. The summed E-state index contributed by atoms with van der Waals surface area (Å²) in [5, 5.41) is 0.434. The molecule has 1 aliphatic carbocycles. The summed E-state index contributed by atoms with van der Waals surface area (Å²) in [6, 6.07) is 0.870. The second kappa shape index (κ2) is 6.34. The first-order chi connectivity index (χ1) is 9.77. The highest BCUT2D eigenvalue weighted by atomic mass is 16.2. The molecule has 3 heteroatoms. The molecule has 1 saturated heterocycles. The number of carbonyl (C=O) groups excluding carboxylic acids is 1. The molecule has 1 saturated carbocycles. The molecule has 1 aliphatic heterocycles. The number of hydrogen-bond donors (Lipinski definition) is 0. The van der Waals surface area contributed by atoms with E-state index in [1.165, 1.54) is 32.1 Å². The molecule has 2 rings (SSSR count). The Bertz CT molecular complexity index is 381. The zero-order chi connectivity index (χ0) is 15.8. The lowest BCUT2D eigenvalue weighted by molar-refractivity contribution is -0.130. The van der Waals surface area contributed by atoms with Gasteiger partial charge in [-0.15, -0.1) is 0 Å². The van der Waals surface area contributed by atoms with E-state index in [1.807, 2.05) is 0 Å². The Balaban J connectivity index is 2.21. The van der Waals surface area contributed by atoms with Crippen LogP contribution in [-0.4, -0.2) is 30.7 Å². The van der Waals surface area contributed by atoms with Gasteiger partial charge in [-0.2, -0.15) is 0 Å². The van der Waals surface area contributed by atoms with Gasteiger partial charge in [0.1, 0.15) is 7.85 Å². The van der Waals surface area contributed by atoms with Crippen molar-refractivity contribution in [3.8, 4) is 0 Å². The second-order valence-corrected chi connectivity index (χ2v) is 8.47. The fourth-order valence-corrected chi connectivity index (χ4v) is 4.85. The van der Waals surface area contributed by atoms with Crippen molar-refractivity contribution < 1.29 is 4.79 Å². The third-order valence-electron chi connectivity index (χ3n) is 6.75. The highest BCUT2D eigenvalue weighted by molar-refractivity contribution is 6.15. The van der Waals surface area contributed by atoms with Gasteiger partial charge in [0.25, 0.3) is 0 Å². The van der Waals surface area contributed by atoms with Crippen molar-refractivity contribution >= 4 is 13.8 Å². The summed E-state index contributed by atoms with van der Waals surface area (Å²) in [6.07, 6.45) is 7.20. The highest BCUT2D eigenvalue weighted by Gasteiger charge is 2.44. The van der Waals surface area contributed by atoms with E-state index >= 15 is 0 Å². The lowest BCUT2D eigenvalue weighted by Gasteiger charge is -2.41. The number of nitrogens with zero attached hydrogens (tertiary/aromatic N) is 1. The summed E-state index contributed by atoms with van der Waals surface area (Å²) in [4.78, 5) is 14.6. The third-order valence-corrected chi connectivity index (χ3v) is 6.75. The molecule has 4 atom stereocenters. The average molecular weight is 291 g/mol. The van der Waals surface area contributed by atoms with Crippen LogP contribution in [0.4, 0.5) is 0 Å². The van der Waals surface area contributed by atoms with E-state index < -0.39 is 0 Å². The molecule has 1 amide bonds. The van der Waals surface area contributed by atoms with Gasteiger partial charge >= 0.3 is 0 Å². The number of carbonyl (C=O) groups is 1. The molecule has 0 N–H and O–H groups in total. The molecule has 0 bridgehead atoms. The van der Waals surface area contributed by atoms with Gasteiger partial charge in [-0.3, -0.25) is 4.79 Å². The fraction of sp³-hybridized carbons (Fsp3) is 0.944. The highest BCUT2D eigenvalue weighted by Crippen LogP contribution is 2.50. The summed E-state index contributed by atoms with van der Waals surface area (Å²) >= 11 is 0. The zero-order valence-corrected chi connectivity index (χ0v) is 15.0. The summed E-state index contributed by atoms with van der Waals surface area (Å²) in [5.41, 5.74) is 0. The Labute approximate surface area is 132 Å². The molecule has 2 fully saturated rings. The number of hydrogen-bond acceptors (Lipinski definition) is 1. The van der Waals surface area contributed by atoms with Gasteiger partial charge in [-0.1, -0.05) is 45.3 Å². The first kappa shape index (κ1) is 16.9. The van der Waals surface area contributed by atoms with Gasteiger partial charge in [0.05, 0.1) is 0 Å². The van der Waals surface area contributed by atoms with E-state index in [9.17, 15) is 4.79 Å². The van der Waals surface area contributed by atoms with Crippen molar-refractivity contribution in [1.29, 1.82) is 0 Å². The Hall–Kier alpha value is -0.465. The van der Waals surface area contributed by atoms with Crippen LogP contribution in [-0.2, 0) is 4.79 Å². The molecular weight excluding hydrogens is 257 g/mol. The van der Waals surface area contributed by atoms with Crippen LogP contribution in [0.2, 0.25) is 5.31 Å². The van der Waals surface area contributed by atoms with Gasteiger partial charge in [0, 0.05) is 18.5 Å². The first-order valence-electron chi connectivity index (χ1n) is 9.08. The van der Waals surface area contributed by atoms with Crippen molar-refractivity contribution in [3.05, 3.63) is 0 Å². The lowest BCUT2D eigenvalue weighted by Crippen LogP contribution is -2.40. The molecule has 0 radical (unpaired) electrons. The minimum Gasteiger partial charge on any atom is -0.337 e. The number of amides is 1. The van der Waals surface area contributed by atoms with Crippen molar-refractivity contribution in [1.82, 2.24) is 4.90 Å². The summed E-state index contributed by atoms with van der Waals surface area (Å²) in [5.74, 6) is 2.43. The molecule has 1 heterocycles. The Morgan fingerprint density at radius 1 is 1.24 bits per heavy atom. The Kier molecular flexibility index (Phi) is 5.10. The molecule has 4 unspecified atom stereocenters. The molecule has 0 aromatic rings. The van der Waals surface area contributed by atoms with Crippen LogP contribution in [0, 0.1) is 17.8 Å². The predicted molar refractivity (Wildman–Crippen MR) is 92.2 cm³/mol. The van der Waals surface area contributed by atoms with Crippen molar-refractivity contribution in [2.24, 2.45) is 17.8 Å².